The Hall–Kier alpha value is -3.42. The molecular weight excluding hydrogens is 332 g/mol. The van der Waals surface area contributed by atoms with Crippen molar-refractivity contribution in [3.63, 3.8) is 0 Å². The van der Waals surface area contributed by atoms with E-state index < -0.39 is 40.5 Å². The van der Waals surface area contributed by atoms with Crippen LogP contribution in [-0.4, -0.2) is 37.3 Å². The highest BCUT2D eigenvalue weighted by Gasteiger charge is 2.20. The van der Waals surface area contributed by atoms with Crippen LogP contribution in [0.4, 0.5) is 0 Å². The molecule has 0 unspecified atom stereocenters. The summed E-state index contributed by atoms with van der Waals surface area (Å²) in [5.41, 5.74) is -0.270. The number of benzene rings is 2. The van der Waals surface area contributed by atoms with Gasteiger partial charge in [0.15, 0.2) is 34.5 Å². The van der Waals surface area contributed by atoms with Crippen molar-refractivity contribution >= 4 is 11.8 Å². The van der Waals surface area contributed by atoms with Crippen LogP contribution < -0.4 is 4.74 Å². The Labute approximate surface area is 142 Å². The minimum absolute atomic E-state index is 0.0522. The highest BCUT2D eigenvalue weighted by Crippen LogP contribution is 2.39. The summed E-state index contributed by atoms with van der Waals surface area (Å²) in [5.74, 6) is -5.54. The second-order valence-corrected chi connectivity index (χ2v) is 5.27. The maximum atomic E-state index is 12.1. The average molecular weight is 348 g/mol. The fraction of sp³-hybridized carbons (Fsp3) is 0.176. The minimum Gasteiger partial charge on any atom is -0.504 e. The second kappa shape index (κ2) is 7.00. The lowest BCUT2D eigenvalue weighted by atomic mass is 10.1. The number of hydrogen-bond donors (Lipinski definition) is 5. The fourth-order valence-corrected chi connectivity index (χ4v) is 2.08. The van der Waals surface area contributed by atoms with Gasteiger partial charge in [-0.3, -0.25) is 4.79 Å². The van der Waals surface area contributed by atoms with Crippen LogP contribution in [0.15, 0.2) is 24.3 Å². The number of phenols is 5. The van der Waals surface area contributed by atoms with Crippen LogP contribution in [0.25, 0.3) is 0 Å². The Morgan fingerprint density at radius 3 is 1.92 bits per heavy atom. The molecule has 0 fully saturated rings. The molecule has 8 heteroatoms. The molecule has 0 heterocycles. The van der Waals surface area contributed by atoms with Gasteiger partial charge in [-0.15, -0.1) is 0 Å². The van der Waals surface area contributed by atoms with E-state index in [0.29, 0.717) is 6.42 Å². The molecule has 0 atom stereocenters. The zero-order valence-electron chi connectivity index (χ0n) is 13.2. The van der Waals surface area contributed by atoms with E-state index in [-0.39, 0.29) is 23.3 Å². The largest absolute Gasteiger partial charge is 0.504 e. The Balaban J connectivity index is 2.36. The third kappa shape index (κ3) is 3.74. The Morgan fingerprint density at radius 1 is 0.840 bits per heavy atom. The first-order chi connectivity index (χ1) is 11.7. The third-order valence-corrected chi connectivity index (χ3v) is 3.36. The number of esters is 1. The molecule has 25 heavy (non-hydrogen) atoms. The molecule has 0 radical (unpaired) electrons. The molecular formula is C17H16O8. The lowest BCUT2D eigenvalue weighted by molar-refractivity contribution is 0.0727. The molecule has 2 rings (SSSR count). The molecule has 0 spiro atoms. The van der Waals surface area contributed by atoms with E-state index in [1.54, 1.807) is 6.92 Å². The van der Waals surface area contributed by atoms with Crippen LogP contribution in [0.5, 0.6) is 34.5 Å². The Bertz CT molecular complexity index is 818. The zero-order chi connectivity index (χ0) is 18.7. The highest BCUT2D eigenvalue weighted by molar-refractivity contribution is 5.98. The van der Waals surface area contributed by atoms with Crippen molar-refractivity contribution in [3.8, 4) is 34.5 Å². The highest BCUT2D eigenvalue weighted by atomic mass is 16.5. The van der Waals surface area contributed by atoms with Gasteiger partial charge in [-0.2, -0.15) is 0 Å². The molecule has 0 aliphatic rings. The summed E-state index contributed by atoms with van der Waals surface area (Å²) in [6.45, 7) is 1.79. The molecule has 0 aliphatic carbocycles. The minimum atomic E-state index is -1.10. The van der Waals surface area contributed by atoms with Gasteiger partial charge in [-0.1, -0.05) is 6.92 Å². The van der Waals surface area contributed by atoms with Crippen molar-refractivity contribution in [1.82, 2.24) is 0 Å². The smallest absolute Gasteiger partial charge is 0.343 e. The summed E-state index contributed by atoms with van der Waals surface area (Å²) in [6, 6.07) is 3.86. The van der Waals surface area contributed by atoms with Crippen LogP contribution in [0.3, 0.4) is 0 Å². The van der Waals surface area contributed by atoms with Gasteiger partial charge in [0, 0.05) is 12.0 Å². The van der Waals surface area contributed by atoms with Crippen molar-refractivity contribution in [1.29, 1.82) is 0 Å². The first kappa shape index (κ1) is 17.9. The lowest BCUT2D eigenvalue weighted by Crippen LogP contribution is -2.09. The summed E-state index contributed by atoms with van der Waals surface area (Å²) >= 11 is 0. The van der Waals surface area contributed by atoms with Gasteiger partial charge in [0.25, 0.3) is 0 Å². The summed E-state index contributed by atoms with van der Waals surface area (Å²) < 4.78 is 4.93. The number of phenolic OH excluding ortho intramolecular Hbond substituents is 5. The van der Waals surface area contributed by atoms with E-state index in [2.05, 4.69) is 0 Å². The molecule has 0 saturated heterocycles. The van der Waals surface area contributed by atoms with Gasteiger partial charge >= 0.3 is 5.97 Å². The first-order valence-electron chi connectivity index (χ1n) is 7.30. The summed E-state index contributed by atoms with van der Waals surface area (Å²) in [7, 11) is 0. The molecule has 2 aromatic carbocycles. The van der Waals surface area contributed by atoms with Crippen LogP contribution >= 0.6 is 0 Å². The van der Waals surface area contributed by atoms with E-state index in [9.17, 15) is 35.1 Å². The van der Waals surface area contributed by atoms with Crippen LogP contribution in [0, 0.1) is 0 Å². The average Bonchev–Trinajstić information content (AvgIpc) is 2.56. The Morgan fingerprint density at radius 2 is 1.36 bits per heavy atom. The predicted octanol–water partition coefficient (Wildman–Crippen LogP) is 2.42. The van der Waals surface area contributed by atoms with Gasteiger partial charge in [0.05, 0.1) is 5.56 Å². The maximum Gasteiger partial charge on any atom is 0.343 e. The number of hydrogen-bond acceptors (Lipinski definition) is 8. The predicted molar refractivity (Wildman–Crippen MR) is 85.4 cm³/mol. The lowest BCUT2D eigenvalue weighted by Gasteiger charge is -2.10. The normalized spacial score (nSPS) is 10.4. The quantitative estimate of drug-likeness (QED) is 0.240. The fourth-order valence-electron chi connectivity index (χ4n) is 2.08. The number of ether oxygens (including phenoxy) is 1. The van der Waals surface area contributed by atoms with Crippen molar-refractivity contribution in [2.75, 3.05) is 0 Å². The van der Waals surface area contributed by atoms with Gasteiger partial charge in [0.1, 0.15) is 0 Å². The van der Waals surface area contributed by atoms with Crippen LogP contribution in [-0.2, 0) is 0 Å². The molecule has 8 nitrogen and oxygen atoms in total. The van der Waals surface area contributed by atoms with Crippen molar-refractivity contribution < 1.29 is 39.9 Å². The number of aromatic hydroxyl groups is 5. The standard InChI is InChI=1S/C17H16O8/c1-2-3-10(18)8-4-13(21)16(23)14(7-8)25-17(24)9-5-11(19)15(22)12(20)6-9/h4-7,19-23H,2-3H2,1H3. The number of Topliss-reactive ketones (excluding diaryl/α,β-unsaturated/α-hetero) is 1. The van der Waals surface area contributed by atoms with E-state index in [4.69, 9.17) is 4.74 Å². The molecule has 0 saturated carbocycles. The van der Waals surface area contributed by atoms with E-state index in [1.165, 1.54) is 0 Å². The van der Waals surface area contributed by atoms with Crippen LogP contribution in [0.2, 0.25) is 0 Å². The summed E-state index contributed by atoms with van der Waals surface area (Å²) in [5, 5.41) is 47.6. The number of ketones is 1. The summed E-state index contributed by atoms with van der Waals surface area (Å²) in [6.07, 6.45) is 0.777. The third-order valence-electron chi connectivity index (χ3n) is 3.36. The van der Waals surface area contributed by atoms with E-state index in [1.807, 2.05) is 0 Å². The first-order valence-corrected chi connectivity index (χ1v) is 7.30. The molecule has 132 valence electrons. The van der Waals surface area contributed by atoms with Crippen molar-refractivity contribution in [3.05, 3.63) is 35.4 Å². The van der Waals surface area contributed by atoms with Gasteiger partial charge in [-0.05, 0) is 30.7 Å². The molecule has 5 N–H and O–H groups in total. The SMILES string of the molecule is CCCC(=O)c1cc(O)c(O)c(OC(=O)c2cc(O)c(O)c(O)c2)c1. The zero-order valence-corrected chi connectivity index (χ0v) is 13.2. The number of rotatable bonds is 5. The van der Waals surface area contributed by atoms with Crippen molar-refractivity contribution in [2.24, 2.45) is 0 Å². The topological polar surface area (TPSA) is 145 Å². The van der Waals surface area contributed by atoms with Crippen LogP contribution in [0.1, 0.15) is 40.5 Å². The monoisotopic (exact) mass is 348 g/mol. The Kier molecular flexibility index (Phi) is 5.02. The van der Waals surface area contributed by atoms with Crippen molar-refractivity contribution in [2.45, 2.75) is 19.8 Å². The van der Waals surface area contributed by atoms with E-state index >= 15 is 0 Å². The van der Waals surface area contributed by atoms with Gasteiger partial charge in [-0.25, -0.2) is 4.79 Å². The molecule has 0 amide bonds. The molecule has 0 aromatic heterocycles. The van der Waals surface area contributed by atoms with Gasteiger partial charge in [0.2, 0.25) is 5.75 Å². The molecule has 2 aromatic rings. The second-order valence-electron chi connectivity index (χ2n) is 5.27. The summed E-state index contributed by atoms with van der Waals surface area (Å²) in [4.78, 5) is 24.0. The maximum absolute atomic E-state index is 12.1. The number of carbonyl (C=O) groups is 2. The molecule has 0 bridgehead atoms. The van der Waals surface area contributed by atoms with E-state index in [0.717, 1.165) is 24.3 Å². The molecule has 0 aliphatic heterocycles. The van der Waals surface area contributed by atoms with Gasteiger partial charge < -0.3 is 30.3 Å². The number of carbonyl (C=O) groups excluding carboxylic acids is 2.